The van der Waals surface area contributed by atoms with Crippen LogP contribution < -0.4 is 5.32 Å². The maximum atomic E-state index is 8.52. The van der Waals surface area contributed by atoms with Crippen molar-refractivity contribution < 1.29 is 0 Å². The van der Waals surface area contributed by atoms with Gasteiger partial charge in [-0.1, -0.05) is 18.3 Å². The lowest BCUT2D eigenvalue weighted by Gasteiger charge is -2.01. The minimum Gasteiger partial charge on any atom is -0.335 e. The van der Waals surface area contributed by atoms with Gasteiger partial charge >= 0.3 is 0 Å². The third-order valence-corrected chi connectivity index (χ3v) is 1.27. The number of anilines is 1. The zero-order valence-electron chi connectivity index (χ0n) is 6.53. The van der Waals surface area contributed by atoms with Gasteiger partial charge in [-0.2, -0.15) is 5.26 Å². The van der Waals surface area contributed by atoms with E-state index in [-0.39, 0.29) is 0 Å². The highest BCUT2D eigenvalue weighted by Gasteiger charge is 1.95. The Kier molecular flexibility index (Phi) is 2.72. The Morgan fingerprint density at radius 2 is 2.42 bits per heavy atom. The molecule has 1 N–H and O–H groups in total. The van der Waals surface area contributed by atoms with Crippen molar-refractivity contribution in [2.75, 3.05) is 5.32 Å². The van der Waals surface area contributed by atoms with E-state index in [9.17, 15) is 0 Å². The Labute approximate surface area is 76.0 Å². The SMILES string of the molecule is CC(=S)Nc1cccc(C#N)n1. The minimum atomic E-state index is 0.385. The molecule has 0 saturated heterocycles. The number of hydrogen-bond donors (Lipinski definition) is 1. The van der Waals surface area contributed by atoms with Crippen LogP contribution in [0.1, 0.15) is 12.6 Å². The molecular formula is C8H7N3S. The average molecular weight is 177 g/mol. The molecule has 0 aliphatic rings. The van der Waals surface area contributed by atoms with Gasteiger partial charge in [0.15, 0.2) is 0 Å². The van der Waals surface area contributed by atoms with E-state index in [2.05, 4.69) is 10.3 Å². The Balaban J connectivity index is 2.88. The van der Waals surface area contributed by atoms with E-state index in [1.165, 1.54) is 0 Å². The fourth-order valence-corrected chi connectivity index (χ4v) is 0.852. The molecule has 0 amide bonds. The molecule has 12 heavy (non-hydrogen) atoms. The molecule has 0 aliphatic heterocycles. The van der Waals surface area contributed by atoms with Gasteiger partial charge in [0.1, 0.15) is 17.6 Å². The fraction of sp³-hybridized carbons (Fsp3) is 0.125. The van der Waals surface area contributed by atoms with Crippen LogP contribution in [0.5, 0.6) is 0 Å². The molecular weight excluding hydrogens is 170 g/mol. The molecule has 0 aromatic carbocycles. The summed E-state index contributed by atoms with van der Waals surface area (Å²) in [7, 11) is 0. The van der Waals surface area contributed by atoms with E-state index in [0.717, 1.165) is 0 Å². The molecule has 0 bridgehead atoms. The average Bonchev–Trinajstić information content (AvgIpc) is 2.03. The number of nitrogens with one attached hydrogen (secondary N) is 1. The van der Waals surface area contributed by atoms with Gasteiger partial charge in [0.2, 0.25) is 0 Å². The van der Waals surface area contributed by atoms with Crippen LogP contribution in [0.25, 0.3) is 0 Å². The molecule has 0 atom stereocenters. The summed E-state index contributed by atoms with van der Waals surface area (Å²) >= 11 is 4.82. The third kappa shape index (κ3) is 2.29. The number of pyridine rings is 1. The minimum absolute atomic E-state index is 0.385. The highest BCUT2D eigenvalue weighted by Crippen LogP contribution is 2.03. The largest absolute Gasteiger partial charge is 0.335 e. The van der Waals surface area contributed by atoms with Crippen molar-refractivity contribution in [1.82, 2.24) is 4.98 Å². The molecule has 3 nitrogen and oxygen atoms in total. The lowest BCUT2D eigenvalue weighted by Crippen LogP contribution is -2.05. The van der Waals surface area contributed by atoms with Crippen LogP contribution in [0.2, 0.25) is 0 Å². The van der Waals surface area contributed by atoms with Crippen LogP contribution in [0, 0.1) is 11.3 Å². The summed E-state index contributed by atoms with van der Waals surface area (Å²) in [6.07, 6.45) is 0. The maximum absolute atomic E-state index is 8.52. The number of nitrogens with zero attached hydrogens (tertiary/aromatic N) is 2. The van der Waals surface area contributed by atoms with Crippen molar-refractivity contribution in [2.24, 2.45) is 0 Å². The van der Waals surface area contributed by atoms with Crippen LogP contribution in [0.3, 0.4) is 0 Å². The van der Waals surface area contributed by atoms with E-state index in [1.54, 1.807) is 25.1 Å². The molecule has 1 aromatic heterocycles. The Morgan fingerprint density at radius 1 is 1.67 bits per heavy atom. The van der Waals surface area contributed by atoms with Crippen molar-refractivity contribution in [3.05, 3.63) is 23.9 Å². The monoisotopic (exact) mass is 177 g/mol. The molecule has 60 valence electrons. The first kappa shape index (κ1) is 8.62. The van der Waals surface area contributed by atoms with E-state index < -0.39 is 0 Å². The zero-order valence-corrected chi connectivity index (χ0v) is 7.35. The van der Waals surface area contributed by atoms with Crippen molar-refractivity contribution in [1.29, 1.82) is 5.26 Å². The third-order valence-electron chi connectivity index (χ3n) is 1.17. The summed E-state index contributed by atoms with van der Waals surface area (Å²) in [5.41, 5.74) is 0.385. The van der Waals surface area contributed by atoms with Crippen molar-refractivity contribution in [2.45, 2.75) is 6.92 Å². The Bertz CT molecular complexity index is 340. The summed E-state index contributed by atoms with van der Waals surface area (Å²) in [5, 5.41) is 11.4. The molecule has 0 fully saturated rings. The quantitative estimate of drug-likeness (QED) is 0.663. The first-order valence-corrected chi connectivity index (χ1v) is 3.78. The molecule has 1 heterocycles. The number of hydrogen-bond acceptors (Lipinski definition) is 3. The van der Waals surface area contributed by atoms with E-state index in [1.807, 2.05) is 6.07 Å². The van der Waals surface area contributed by atoms with Crippen LogP contribution >= 0.6 is 12.2 Å². The summed E-state index contributed by atoms with van der Waals surface area (Å²) in [4.78, 5) is 4.61. The van der Waals surface area contributed by atoms with Gasteiger partial charge in [-0.15, -0.1) is 0 Å². The summed E-state index contributed by atoms with van der Waals surface area (Å²) in [5.74, 6) is 0.613. The van der Waals surface area contributed by atoms with Crippen LogP contribution in [-0.2, 0) is 0 Å². The van der Waals surface area contributed by atoms with Gasteiger partial charge in [-0.3, -0.25) is 0 Å². The van der Waals surface area contributed by atoms with Gasteiger partial charge in [-0.05, 0) is 19.1 Å². The standard InChI is InChI=1S/C8H7N3S/c1-6(12)10-8-4-2-3-7(5-9)11-8/h2-4H,1H3,(H,10,11,12). The fourth-order valence-electron chi connectivity index (χ4n) is 0.747. The second kappa shape index (κ2) is 3.79. The second-order valence-electron chi connectivity index (χ2n) is 2.20. The highest BCUT2D eigenvalue weighted by atomic mass is 32.1. The van der Waals surface area contributed by atoms with Crippen LogP contribution in [-0.4, -0.2) is 9.97 Å². The zero-order chi connectivity index (χ0) is 8.97. The molecule has 4 heteroatoms. The Hall–Kier alpha value is -1.47. The summed E-state index contributed by atoms with van der Waals surface area (Å²) in [6.45, 7) is 1.76. The molecule has 0 radical (unpaired) electrons. The predicted octanol–water partition coefficient (Wildman–Crippen LogP) is 1.71. The number of aromatic nitrogens is 1. The van der Waals surface area contributed by atoms with Gasteiger partial charge in [0.05, 0.1) is 4.99 Å². The smallest absolute Gasteiger partial charge is 0.142 e. The van der Waals surface area contributed by atoms with E-state index in [4.69, 9.17) is 17.5 Å². The van der Waals surface area contributed by atoms with Crippen LogP contribution in [0.15, 0.2) is 18.2 Å². The second-order valence-corrected chi connectivity index (χ2v) is 2.81. The molecule has 1 aromatic rings. The van der Waals surface area contributed by atoms with Crippen molar-refractivity contribution in [3.8, 4) is 6.07 Å². The first-order valence-electron chi connectivity index (χ1n) is 3.37. The number of thiocarbonyl (C=S) groups is 1. The summed E-state index contributed by atoms with van der Waals surface area (Å²) in [6, 6.07) is 7.11. The lowest BCUT2D eigenvalue weighted by atomic mass is 10.3. The van der Waals surface area contributed by atoms with Gasteiger partial charge in [0.25, 0.3) is 0 Å². The number of nitriles is 1. The Morgan fingerprint density at radius 3 is 3.00 bits per heavy atom. The van der Waals surface area contributed by atoms with Crippen LogP contribution in [0.4, 0.5) is 5.82 Å². The van der Waals surface area contributed by atoms with Crippen molar-refractivity contribution >= 4 is 23.0 Å². The van der Waals surface area contributed by atoms with E-state index in [0.29, 0.717) is 16.5 Å². The number of rotatable bonds is 1. The normalized spacial score (nSPS) is 8.67. The topological polar surface area (TPSA) is 48.7 Å². The molecule has 0 unspecified atom stereocenters. The molecule has 0 spiro atoms. The molecule has 1 rings (SSSR count). The lowest BCUT2D eigenvalue weighted by molar-refractivity contribution is 1.26. The summed E-state index contributed by atoms with van der Waals surface area (Å²) < 4.78 is 0. The van der Waals surface area contributed by atoms with Gasteiger partial charge in [-0.25, -0.2) is 4.98 Å². The van der Waals surface area contributed by atoms with Gasteiger partial charge in [0, 0.05) is 0 Å². The first-order chi connectivity index (χ1) is 5.72. The molecule has 0 aliphatic carbocycles. The molecule has 0 saturated carbocycles. The predicted molar refractivity (Wildman–Crippen MR) is 50.8 cm³/mol. The van der Waals surface area contributed by atoms with Gasteiger partial charge < -0.3 is 5.32 Å². The van der Waals surface area contributed by atoms with Crippen molar-refractivity contribution in [3.63, 3.8) is 0 Å². The highest BCUT2D eigenvalue weighted by molar-refractivity contribution is 7.80. The van der Waals surface area contributed by atoms with E-state index >= 15 is 0 Å². The maximum Gasteiger partial charge on any atom is 0.142 e.